The molecule has 0 aliphatic rings. The van der Waals surface area contributed by atoms with Crippen LogP contribution in [0.2, 0.25) is 0 Å². The lowest BCUT2D eigenvalue weighted by Gasteiger charge is -2.18. The molecule has 0 radical (unpaired) electrons. The predicted octanol–water partition coefficient (Wildman–Crippen LogP) is 4.14. The van der Waals surface area contributed by atoms with Gasteiger partial charge in [-0.3, -0.25) is 4.79 Å². The van der Waals surface area contributed by atoms with E-state index in [1.165, 1.54) is 5.56 Å². The van der Waals surface area contributed by atoms with Crippen LogP contribution in [0.1, 0.15) is 63.9 Å². The summed E-state index contributed by atoms with van der Waals surface area (Å²) in [4.78, 5) is 12.0. The van der Waals surface area contributed by atoms with E-state index in [1.807, 2.05) is 31.2 Å². The summed E-state index contributed by atoms with van der Waals surface area (Å²) in [5, 5.41) is 4.21. The average Bonchev–Trinajstić information content (AvgIpc) is 2.38. The number of carbonyl (C=O) groups excluding carboxylic acids is 1. The Morgan fingerprint density at radius 1 is 1.20 bits per heavy atom. The third kappa shape index (κ3) is 4.48. The Kier molecular flexibility index (Phi) is 5.49. The number of hydrazone groups is 1. The smallest absolute Gasteiger partial charge is 0.267 e. The highest BCUT2D eigenvalue weighted by molar-refractivity contribution is 5.95. The van der Waals surface area contributed by atoms with Crippen LogP contribution in [0.5, 0.6) is 0 Å². The molecule has 0 aliphatic carbocycles. The van der Waals surface area contributed by atoms with Crippen molar-refractivity contribution in [3.63, 3.8) is 0 Å². The maximum absolute atomic E-state index is 12.0. The predicted molar refractivity (Wildman–Crippen MR) is 85.2 cm³/mol. The molecule has 1 N–H and O–H groups in total. The van der Waals surface area contributed by atoms with Crippen LogP contribution < -0.4 is 5.43 Å². The van der Waals surface area contributed by atoms with Gasteiger partial charge in [0.1, 0.15) is 0 Å². The highest BCUT2D eigenvalue weighted by Crippen LogP contribution is 2.22. The largest absolute Gasteiger partial charge is 0.271 e. The first kappa shape index (κ1) is 16.4. The van der Waals surface area contributed by atoms with Crippen molar-refractivity contribution in [2.75, 3.05) is 0 Å². The van der Waals surface area contributed by atoms with Gasteiger partial charge in [0.25, 0.3) is 5.91 Å². The number of hydrogen-bond donors (Lipinski definition) is 1. The minimum atomic E-state index is -0.156. The fourth-order valence-electron chi connectivity index (χ4n) is 1.93. The van der Waals surface area contributed by atoms with Gasteiger partial charge in [0.2, 0.25) is 0 Å². The Morgan fingerprint density at radius 3 is 2.15 bits per heavy atom. The van der Waals surface area contributed by atoms with E-state index >= 15 is 0 Å². The number of nitrogens with zero attached hydrogens (tertiary/aromatic N) is 1. The Labute approximate surface area is 122 Å². The van der Waals surface area contributed by atoms with E-state index in [-0.39, 0.29) is 11.3 Å². The van der Waals surface area contributed by atoms with Gasteiger partial charge in [-0.25, -0.2) is 5.43 Å². The normalized spacial score (nSPS) is 12.7. The van der Waals surface area contributed by atoms with Crippen molar-refractivity contribution in [2.45, 2.75) is 53.4 Å². The molecule has 0 aliphatic heterocycles. The third-order valence-corrected chi connectivity index (χ3v) is 3.34. The zero-order chi connectivity index (χ0) is 15.3. The summed E-state index contributed by atoms with van der Waals surface area (Å²) in [6.45, 7) is 12.7. The molecule has 0 atom stereocenters. The molecule has 1 aromatic rings. The summed E-state index contributed by atoms with van der Waals surface area (Å²) < 4.78 is 0. The van der Waals surface area contributed by atoms with E-state index in [4.69, 9.17) is 0 Å². The topological polar surface area (TPSA) is 41.5 Å². The number of hydrogen-bond acceptors (Lipinski definition) is 2. The van der Waals surface area contributed by atoms with Crippen molar-refractivity contribution in [2.24, 2.45) is 11.0 Å². The molecule has 0 bridgehead atoms. The van der Waals surface area contributed by atoms with Crippen molar-refractivity contribution in [1.29, 1.82) is 0 Å². The van der Waals surface area contributed by atoms with E-state index in [0.29, 0.717) is 11.5 Å². The van der Waals surface area contributed by atoms with E-state index in [1.54, 1.807) is 0 Å². The van der Waals surface area contributed by atoms with E-state index in [2.05, 4.69) is 45.1 Å². The molecule has 0 aromatic heterocycles. The lowest BCUT2D eigenvalue weighted by atomic mass is 9.87. The molecule has 1 amide bonds. The van der Waals surface area contributed by atoms with Gasteiger partial charge in [0.15, 0.2) is 0 Å². The second-order valence-electron chi connectivity index (χ2n) is 6.38. The summed E-state index contributed by atoms with van der Waals surface area (Å²) in [7, 11) is 0. The van der Waals surface area contributed by atoms with Gasteiger partial charge in [0, 0.05) is 11.3 Å². The van der Waals surface area contributed by atoms with Gasteiger partial charge in [-0.1, -0.05) is 53.7 Å². The maximum atomic E-state index is 12.0. The van der Waals surface area contributed by atoms with Crippen molar-refractivity contribution in [3.8, 4) is 0 Å². The fourth-order valence-corrected chi connectivity index (χ4v) is 1.93. The van der Waals surface area contributed by atoms with Crippen molar-refractivity contribution in [1.82, 2.24) is 5.43 Å². The number of nitrogens with one attached hydrogen (secondary N) is 1. The van der Waals surface area contributed by atoms with E-state index < -0.39 is 0 Å². The summed E-state index contributed by atoms with van der Waals surface area (Å²) >= 11 is 0. The quantitative estimate of drug-likeness (QED) is 0.651. The molecule has 1 aromatic carbocycles. The van der Waals surface area contributed by atoms with Gasteiger partial charge in [-0.05, 0) is 35.4 Å². The third-order valence-electron chi connectivity index (χ3n) is 3.34. The maximum Gasteiger partial charge on any atom is 0.271 e. The molecule has 3 heteroatoms. The van der Waals surface area contributed by atoms with Gasteiger partial charge in [-0.2, -0.15) is 5.10 Å². The van der Waals surface area contributed by atoms with Crippen LogP contribution in [-0.2, 0) is 5.41 Å². The number of carbonyl (C=O) groups is 1. The minimum Gasteiger partial charge on any atom is -0.267 e. The first-order valence-corrected chi connectivity index (χ1v) is 7.23. The molecule has 110 valence electrons. The van der Waals surface area contributed by atoms with Crippen LogP contribution >= 0.6 is 0 Å². The molecule has 0 saturated heterocycles. The molecular formula is C17H26N2O. The van der Waals surface area contributed by atoms with Crippen molar-refractivity contribution < 1.29 is 4.79 Å². The Bertz CT molecular complexity index is 479. The Hall–Kier alpha value is -1.64. The summed E-state index contributed by atoms with van der Waals surface area (Å²) in [5.41, 5.74) is 5.60. The van der Waals surface area contributed by atoms with Crippen LogP contribution in [0.15, 0.2) is 29.4 Å². The molecule has 0 spiro atoms. The molecule has 0 unspecified atom stereocenters. The van der Waals surface area contributed by atoms with Gasteiger partial charge in [-0.15, -0.1) is 0 Å². The molecular weight excluding hydrogens is 248 g/mol. The average molecular weight is 274 g/mol. The van der Waals surface area contributed by atoms with Crippen molar-refractivity contribution >= 4 is 11.6 Å². The van der Waals surface area contributed by atoms with Crippen LogP contribution in [-0.4, -0.2) is 11.6 Å². The molecule has 1 rings (SSSR count). The van der Waals surface area contributed by atoms with Crippen LogP contribution in [0.3, 0.4) is 0 Å². The summed E-state index contributed by atoms with van der Waals surface area (Å²) in [6, 6.07) is 7.71. The Balaban J connectivity index is 2.79. The number of benzene rings is 1. The fraction of sp³-hybridized carbons (Fsp3) is 0.529. The zero-order valence-corrected chi connectivity index (χ0v) is 13.4. The highest BCUT2D eigenvalue weighted by atomic mass is 16.2. The molecule has 0 saturated carbocycles. The second-order valence-corrected chi connectivity index (χ2v) is 6.38. The minimum absolute atomic E-state index is 0.0974. The highest BCUT2D eigenvalue weighted by Gasteiger charge is 2.14. The second kappa shape index (κ2) is 6.69. The lowest BCUT2D eigenvalue weighted by molar-refractivity contribution is 0.0954. The first-order chi connectivity index (χ1) is 9.25. The van der Waals surface area contributed by atoms with Gasteiger partial charge < -0.3 is 0 Å². The van der Waals surface area contributed by atoms with Gasteiger partial charge >= 0.3 is 0 Å². The lowest BCUT2D eigenvalue weighted by Crippen LogP contribution is -2.21. The van der Waals surface area contributed by atoms with Crippen molar-refractivity contribution in [3.05, 3.63) is 35.4 Å². The standard InChI is InChI=1S/C17H26N2O/c1-7-15(12(2)3)18-19-16(20)13-8-10-14(11-9-13)17(4,5)6/h8-12H,7H2,1-6H3,(H,19,20)/b18-15-. The number of amides is 1. The monoisotopic (exact) mass is 274 g/mol. The molecule has 20 heavy (non-hydrogen) atoms. The van der Waals surface area contributed by atoms with Gasteiger partial charge in [0.05, 0.1) is 0 Å². The Morgan fingerprint density at radius 2 is 1.75 bits per heavy atom. The molecule has 0 heterocycles. The molecule has 3 nitrogen and oxygen atoms in total. The number of rotatable bonds is 4. The summed E-state index contributed by atoms with van der Waals surface area (Å²) in [6.07, 6.45) is 0.848. The van der Waals surface area contributed by atoms with Crippen LogP contribution in [0.25, 0.3) is 0 Å². The molecule has 0 fully saturated rings. The van der Waals surface area contributed by atoms with Crippen LogP contribution in [0, 0.1) is 5.92 Å². The van der Waals surface area contributed by atoms with Crippen LogP contribution in [0.4, 0.5) is 0 Å². The summed E-state index contributed by atoms with van der Waals surface area (Å²) in [5.74, 6) is 0.195. The van der Waals surface area contributed by atoms with E-state index in [9.17, 15) is 4.79 Å². The zero-order valence-electron chi connectivity index (χ0n) is 13.4. The first-order valence-electron chi connectivity index (χ1n) is 7.23. The van der Waals surface area contributed by atoms with E-state index in [0.717, 1.165) is 12.1 Å². The SMILES string of the molecule is CC/C(=N/NC(=O)c1ccc(C(C)(C)C)cc1)C(C)C.